The summed E-state index contributed by atoms with van der Waals surface area (Å²) in [5.74, 6) is 0. The lowest BCUT2D eigenvalue weighted by Gasteiger charge is -2.17. The molecule has 0 rings (SSSR count). The summed E-state index contributed by atoms with van der Waals surface area (Å²) in [5.41, 5.74) is 5.08. The molecule has 5 nitrogen and oxygen atoms in total. The number of amides is 2. The summed E-state index contributed by atoms with van der Waals surface area (Å²) in [6, 6.07) is -0.464. The fraction of sp³-hybridized carbons (Fsp3) is 0.778. The summed E-state index contributed by atoms with van der Waals surface area (Å²) in [5, 5.41) is 0. The van der Waals surface area contributed by atoms with E-state index in [4.69, 9.17) is 15.2 Å². The normalized spacial score (nSPS) is 10.1. The van der Waals surface area contributed by atoms with Gasteiger partial charge in [0.05, 0.1) is 19.8 Å². The lowest BCUT2D eigenvalue weighted by molar-refractivity contribution is 0.0472. The van der Waals surface area contributed by atoms with E-state index in [1.807, 2.05) is 6.92 Å². The molecule has 0 saturated heterocycles. The highest BCUT2D eigenvalue weighted by molar-refractivity contribution is 5.71. The first-order chi connectivity index (χ1) is 6.72. The molecule has 0 unspecified atom stereocenters. The highest BCUT2D eigenvalue weighted by Crippen LogP contribution is 1.87. The van der Waals surface area contributed by atoms with Crippen molar-refractivity contribution < 1.29 is 14.3 Å². The molecular formula is C9H19N2O3. The number of rotatable bonds is 8. The number of carbonyl (C=O) groups excluding carboxylic acids is 1. The van der Waals surface area contributed by atoms with E-state index in [2.05, 4.69) is 6.92 Å². The lowest BCUT2D eigenvalue weighted by atomic mass is 10.5. The third-order valence-corrected chi connectivity index (χ3v) is 1.66. The monoisotopic (exact) mass is 203 g/mol. The summed E-state index contributed by atoms with van der Waals surface area (Å²) in [6.07, 6.45) is 0. The molecule has 0 atom stereocenters. The quantitative estimate of drug-likeness (QED) is 0.575. The molecule has 14 heavy (non-hydrogen) atoms. The van der Waals surface area contributed by atoms with E-state index in [0.29, 0.717) is 39.5 Å². The molecule has 0 heterocycles. The molecular weight excluding hydrogens is 184 g/mol. The third kappa shape index (κ3) is 6.68. The molecule has 0 saturated carbocycles. The van der Waals surface area contributed by atoms with E-state index in [1.54, 1.807) is 0 Å². The van der Waals surface area contributed by atoms with Gasteiger partial charge in [-0.1, -0.05) is 0 Å². The maximum atomic E-state index is 10.7. The van der Waals surface area contributed by atoms with E-state index in [9.17, 15) is 4.79 Å². The lowest BCUT2D eigenvalue weighted by Crippen LogP contribution is -2.38. The van der Waals surface area contributed by atoms with Gasteiger partial charge in [0.15, 0.2) is 0 Å². The molecule has 2 N–H and O–H groups in total. The second-order valence-corrected chi connectivity index (χ2v) is 2.63. The fourth-order valence-corrected chi connectivity index (χ4v) is 0.871. The summed E-state index contributed by atoms with van der Waals surface area (Å²) >= 11 is 0. The van der Waals surface area contributed by atoms with Gasteiger partial charge in [-0.3, -0.25) is 0 Å². The number of nitrogens with two attached hydrogens (primary N) is 1. The summed E-state index contributed by atoms with van der Waals surface area (Å²) < 4.78 is 10.3. The van der Waals surface area contributed by atoms with Crippen LogP contribution < -0.4 is 5.73 Å². The van der Waals surface area contributed by atoms with Crippen LogP contribution in [0.1, 0.15) is 6.92 Å². The van der Waals surface area contributed by atoms with Crippen molar-refractivity contribution in [3.05, 3.63) is 6.92 Å². The first-order valence-corrected chi connectivity index (χ1v) is 4.71. The fourth-order valence-electron chi connectivity index (χ4n) is 0.871. The highest BCUT2D eigenvalue weighted by atomic mass is 16.5. The van der Waals surface area contributed by atoms with Gasteiger partial charge in [0.1, 0.15) is 0 Å². The molecule has 0 fully saturated rings. The van der Waals surface area contributed by atoms with Crippen molar-refractivity contribution in [3.63, 3.8) is 0 Å². The Balaban J connectivity index is 3.29. The smallest absolute Gasteiger partial charge is 0.314 e. The number of primary amides is 1. The molecule has 0 spiro atoms. The number of ether oxygens (including phenoxy) is 2. The van der Waals surface area contributed by atoms with Crippen LogP contribution in [0.25, 0.3) is 0 Å². The Kier molecular flexibility index (Phi) is 8.27. The van der Waals surface area contributed by atoms with Crippen molar-refractivity contribution in [2.45, 2.75) is 6.92 Å². The molecule has 1 radical (unpaired) electrons. The average Bonchev–Trinajstić information content (AvgIpc) is 2.16. The predicted molar refractivity (Wildman–Crippen MR) is 53.8 cm³/mol. The SMILES string of the molecule is [CH2]CN(CCOCCOCC)C(N)=O. The van der Waals surface area contributed by atoms with Crippen molar-refractivity contribution in [1.82, 2.24) is 4.90 Å². The Morgan fingerprint density at radius 1 is 1.36 bits per heavy atom. The van der Waals surface area contributed by atoms with Crippen LogP contribution in [0.2, 0.25) is 0 Å². The van der Waals surface area contributed by atoms with Gasteiger partial charge in [-0.2, -0.15) is 0 Å². The summed E-state index contributed by atoms with van der Waals surface area (Å²) in [4.78, 5) is 12.1. The van der Waals surface area contributed by atoms with Gasteiger partial charge in [0.2, 0.25) is 0 Å². The van der Waals surface area contributed by atoms with E-state index in [0.717, 1.165) is 0 Å². The van der Waals surface area contributed by atoms with Crippen molar-refractivity contribution in [3.8, 4) is 0 Å². The van der Waals surface area contributed by atoms with Crippen molar-refractivity contribution in [2.75, 3.05) is 39.5 Å². The maximum Gasteiger partial charge on any atom is 0.314 e. The first-order valence-electron chi connectivity index (χ1n) is 4.71. The van der Waals surface area contributed by atoms with Gasteiger partial charge >= 0.3 is 6.03 Å². The Hall–Kier alpha value is -0.810. The molecule has 2 amide bonds. The van der Waals surface area contributed by atoms with Crippen LogP contribution in [0, 0.1) is 6.92 Å². The Morgan fingerprint density at radius 2 is 2.00 bits per heavy atom. The van der Waals surface area contributed by atoms with E-state index in [1.165, 1.54) is 4.90 Å². The first kappa shape index (κ1) is 13.2. The largest absolute Gasteiger partial charge is 0.379 e. The van der Waals surface area contributed by atoms with Gasteiger partial charge < -0.3 is 20.1 Å². The van der Waals surface area contributed by atoms with Crippen LogP contribution in [-0.2, 0) is 9.47 Å². The molecule has 0 aliphatic carbocycles. The van der Waals surface area contributed by atoms with E-state index >= 15 is 0 Å². The highest BCUT2D eigenvalue weighted by Gasteiger charge is 2.05. The molecule has 0 aliphatic heterocycles. The summed E-state index contributed by atoms with van der Waals surface area (Å²) in [7, 11) is 0. The number of urea groups is 1. The molecule has 0 bridgehead atoms. The van der Waals surface area contributed by atoms with E-state index in [-0.39, 0.29) is 0 Å². The molecule has 0 aromatic rings. The Bertz CT molecular complexity index is 153. The number of hydrogen-bond donors (Lipinski definition) is 1. The number of carbonyl (C=O) groups is 1. The van der Waals surface area contributed by atoms with Gasteiger partial charge in [-0.05, 0) is 13.8 Å². The minimum absolute atomic E-state index is 0.365. The minimum atomic E-state index is -0.464. The number of nitrogens with zero attached hydrogens (tertiary/aromatic N) is 1. The predicted octanol–water partition coefficient (Wildman–Crippen LogP) is 0.254. The topological polar surface area (TPSA) is 64.8 Å². The van der Waals surface area contributed by atoms with Crippen LogP contribution in [0.15, 0.2) is 0 Å². The molecule has 5 heteroatoms. The zero-order valence-electron chi connectivity index (χ0n) is 8.70. The van der Waals surface area contributed by atoms with Crippen LogP contribution in [-0.4, -0.2) is 50.4 Å². The zero-order chi connectivity index (χ0) is 10.8. The van der Waals surface area contributed by atoms with Gasteiger partial charge in [0.25, 0.3) is 0 Å². The second-order valence-electron chi connectivity index (χ2n) is 2.63. The van der Waals surface area contributed by atoms with Crippen molar-refractivity contribution in [2.24, 2.45) is 5.73 Å². The van der Waals surface area contributed by atoms with Crippen molar-refractivity contribution >= 4 is 6.03 Å². The average molecular weight is 203 g/mol. The van der Waals surface area contributed by atoms with Crippen molar-refractivity contribution in [1.29, 1.82) is 0 Å². The third-order valence-electron chi connectivity index (χ3n) is 1.66. The summed E-state index contributed by atoms with van der Waals surface area (Å²) in [6.45, 7) is 8.62. The maximum absolute atomic E-state index is 10.7. The Morgan fingerprint density at radius 3 is 2.50 bits per heavy atom. The molecule has 0 aromatic heterocycles. The van der Waals surface area contributed by atoms with Crippen LogP contribution >= 0.6 is 0 Å². The molecule has 0 aromatic carbocycles. The molecule has 83 valence electrons. The van der Waals surface area contributed by atoms with Crippen LogP contribution in [0.4, 0.5) is 4.79 Å². The standard InChI is InChI=1S/C9H19N2O3/c1-3-11(9(10)12)5-6-14-8-7-13-4-2/h1,3-8H2,2H3,(H2,10,12). The van der Waals surface area contributed by atoms with Crippen LogP contribution in [0.5, 0.6) is 0 Å². The number of hydrogen-bond acceptors (Lipinski definition) is 3. The van der Waals surface area contributed by atoms with Gasteiger partial charge in [-0.25, -0.2) is 4.79 Å². The second kappa shape index (κ2) is 8.77. The minimum Gasteiger partial charge on any atom is -0.379 e. The Labute approximate surface area is 85.1 Å². The van der Waals surface area contributed by atoms with Gasteiger partial charge in [0, 0.05) is 19.7 Å². The van der Waals surface area contributed by atoms with Crippen LogP contribution in [0.3, 0.4) is 0 Å². The van der Waals surface area contributed by atoms with Gasteiger partial charge in [-0.15, -0.1) is 0 Å². The van der Waals surface area contributed by atoms with E-state index < -0.39 is 6.03 Å². The zero-order valence-corrected chi connectivity index (χ0v) is 8.70. The molecule has 0 aliphatic rings.